The van der Waals surface area contributed by atoms with E-state index in [9.17, 15) is 0 Å². The molecule has 1 unspecified atom stereocenters. The van der Waals surface area contributed by atoms with Gasteiger partial charge in [0.2, 0.25) is 0 Å². The predicted octanol–water partition coefficient (Wildman–Crippen LogP) is 2.39. The maximum atomic E-state index is 6.35. The Labute approximate surface area is 115 Å². The molecule has 2 fully saturated rings. The molecule has 3 rings (SSSR count). The van der Waals surface area contributed by atoms with Crippen molar-refractivity contribution >= 4 is 0 Å². The van der Waals surface area contributed by atoms with E-state index in [1.165, 1.54) is 44.9 Å². The highest BCUT2D eigenvalue weighted by molar-refractivity contribution is 4.93. The van der Waals surface area contributed by atoms with Crippen LogP contribution >= 0.6 is 0 Å². The van der Waals surface area contributed by atoms with Gasteiger partial charge in [-0.25, -0.2) is 4.98 Å². The Hall–Kier alpha value is -0.870. The van der Waals surface area contributed by atoms with Crippen molar-refractivity contribution in [3.05, 3.63) is 18.2 Å². The number of aryl methyl sites for hydroxylation is 1. The fourth-order valence-electron chi connectivity index (χ4n) is 3.51. The lowest BCUT2D eigenvalue weighted by Crippen LogP contribution is -2.34. The summed E-state index contributed by atoms with van der Waals surface area (Å²) in [6.07, 6.45) is 13.4. The molecule has 1 saturated carbocycles. The molecule has 1 N–H and O–H groups in total. The number of hydrogen-bond donors (Lipinski definition) is 1. The number of hydrogen-bond acceptors (Lipinski definition) is 3. The molecule has 1 aliphatic heterocycles. The number of aromatic nitrogens is 2. The van der Waals surface area contributed by atoms with Gasteiger partial charge in [0.25, 0.3) is 0 Å². The molecule has 4 nitrogen and oxygen atoms in total. The minimum atomic E-state index is 0.244. The number of nitrogens with zero attached hydrogens (tertiary/aromatic N) is 2. The van der Waals surface area contributed by atoms with Gasteiger partial charge < -0.3 is 14.6 Å². The Balaban J connectivity index is 1.43. The molecule has 106 valence electrons. The molecule has 0 amide bonds. The molecule has 4 heteroatoms. The quantitative estimate of drug-likeness (QED) is 0.906. The molecule has 0 aromatic carbocycles. The van der Waals surface area contributed by atoms with Crippen LogP contribution in [0.25, 0.3) is 0 Å². The molecule has 1 aliphatic carbocycles. The first kappa shape index (κ1) is 13.1. The predicted molar refractivity (Wildman–Crippen MR) is 74.8 cm³/mol. The lowest BCUT2D eigenvalue weighted by Gasteiger charge is -2.33. The Morgan fingerprint density at radius 3 is 2.95 bits per heavy atom. The second-order valence-electron chi connectivity index (χ2n) is 6.11. The van der Waals surface area contributed by atoms with Crippen molar-refractivity contribution in [2.24, 2.45) is 7.05 Å². The zero-order valence-electron chi connectivity index (χ0n) is 11.9. The fraction of sp³-hybridized carbons (Fsp3) is 0.800. The van der Waals surface area contributed by atoms with Gasteiger partial charge in [-0.15, -0.1) is 0 Å². The van der Waals surface area contributed by atoms with Crippen LogP contribution < -0.4 is 5.32 Å². The molecule has 0 bridgehead atoms. The van der Waals surface area contributed by atoms with Gasteiger partial charge in [-0.3, -0.25) is 0 Å². The number of imidazole rings is 1. The van der Waals surface area contributed by atoms with Crippen molar-refractivity contribution in [3.8, 4) is 0 Å². The van der Waals surface area contributed by atoms with Crippen molar-refractivity contribution in [2.45, 2.75) is 63.2 Å². The summed E-state index contributed by atoms with van der Waals surface area (Å²) in [6.45, 7) is 1.78. The molecule has 19 heavy (non-hydrogen) atoms. The molecular formula is C15H25N3O. The van der Waals surface area contributed by atoms with Crippen molar-refractivity contribution in [1.29, 1.82) is 0 Å². The van der Waals surface area contributed by atoms with Gasteiger partial charge in [-0.05, 0) is 25.7 Å². The summed E-state index contributed by atoms with van der Waals surface area (Å²) in [6, 6.07) is 0. The monoisotopic (exact) mass is 263 g/mol. The molecule has 1 spiro atoms. The van der Waals surface area contributed by atoms with Crippen molar-refractivity contribution < 1.29 is 4.74 Å². The van der Waals surface area contributed by atoms with E-state index in [0.29, 0.717) is 6.10 Å². The fourth-order valence-corrected chi connectivity index (χ4v) is 3.51. The third-order valence-corrected chi connectivity index (χ3v) is 4.68. The average Bonchev–Trinajstić information content (AvgIpc) is 2.99. The van der Waals surface area contributed by atoms with Gasteiger partial charge in [-0.2, -0.15) is 0 Å². The molecule has 2 heterocycles. The zero-order valence-corrected chi connectivity index (χ0v) is 11.9. The minimum Gasteiger partial charge on any atom is -0.370 e. The Bertz CT molecular complexity index is 409. The Kier molecular flexibility index (Phi) is 3.89. The highest BCUT2D eigenvalue weighted by Gasteiger charge is 2.40. The van der Waals surface area contributed by atoms with E-state index in [4.69, 9.17) is 4.74 Å². The van der Waals surface area contributed by atoms with E-state index >= 15 is 0 Å². The average molecular weight is 263 g/mol. The minimum absolute atomic E-state index is 0.244. The highest BCUT2D eigenvalue weighted by Crippen LogP contribution is 2.41. The Morgan fingerprint density at radius 2 is 2.21 bits per heavy atom. The van der Waals surface area contributed by atoms with E-state index in [-0.39, 0.29) is 5.60 Å². The maximum absolute atomic E-state index is 6.35. The van der Waals surface area contributed by atoms with Crippen molar-refractivity contribution in [1.82, 2.24) is 14.9 Å². The molecule has 1 saturated heterocycles. The van der Waals surface area contributed by atoms with Crippen LogP contribution in [0, 0.1) is 0 Å². The van der Waals surface area contributed by atoms with Crippen LogP contribution in [0.15, 0.2) is 12.4 Å². The first-order chi connectivity index (χ1) is 9.27. The molecule has 2 aliphatic rings. The molecule has 1 atom stereocenters. The number of rotatable bonds is 4. The lowest BCUT2D eigenvalue weighted by molar-refractivity contribution is -0.0624. The van der Waals surface area contributed by atoms with Gasteiger partial charge in [0, 0.05) is 26.0 Å². The standard InChI is InChI=1S/C15H25N3O/c1-18-10-9-17-14(18)12-16-11-13-5-8-15(19-13)6-3-2-4-7-15/h9-10,13,16H,2-8,11-12H2,1H3. The van der Waals surface area contributed by atoms with E-state index in [1.54, 1.807) is 0 Å². The van der Waals surface area contributed by atoms with Crippen LogP contribution in [-0.4, -0.2) is 27.8 Å². The van der Waals surface area contributed by atoms with Crippen LogP contribution in [0.4, 0.5) is 0 Å². The lowest BCUT2D eigenvalue weighted by atomic mass is 9.83. The summed E-state index contributed by atoms with van der Waals surface area (Å²) in [5.74, 6) is 1.09. The van der Waals surface area contributed by atoms with Crippen LogP contribution in [0.2, 0.25) is 0 Å². The largest absolute Gasteiger partial charge is 0.370 e. The second-order valence-corrected chi connectivity index (χ2v) is 6.11. The first-order valence-corrected chi connectivity index (χ1v) is 7.62. The Morgan fingerprint density at radius 1 is 1.37 bits per heavy atom. The highest BCUT2D eigenvalue weighted by atomic mass is 16.5. The molecule has 1 aromatic rings. The van der Waals surface area contributed by atoms with E-state index in [0.717, 1.165) is 18.9 Å². The SMILES string of the molecule is Cn1ccnc1CNCC1CCC2(CCCCC2)O1. The number of nitrogens with one attached hydrogen (secondary N) is 1. The normalized spacial score (nSPS) is 26.1. The maximum Gasteiger partial charge on any atom is 0.122 e. The summed E-state index contributed by atoms with van der Waals surface area (Å²) < 4.78 is 8.41. The summed E-state index contributed by atoms with van der Waals surface area (Å²) >= 11 is 0. The molecular weight excluding hydrogens is 238 g/mol. The molecule has 1 aromatic heterocycles. The summed E-state index contributed by atoms with van der Waals surface area (Å²) in [5, 5.41) is 3.48. The van der Waals surface area contributed by atoms with Crippen LogP contribution in [0.3, 0.4) is 0 Å². The number of ether oxygens (including phenoxy) is 1. The van der Waals surface area contributed by atoms with Crippen molar-refractivity contribution in [3.63, 3.8) is 0 Å². The smallest absolute Gasteiger partial charge is 0.122 e. The third kappa shape index (κ3) is 3.00. The molecule has 0 radical (unpaired) electrons. The zero-order chi connectivity index (χ0) is 13.1. The van der Waals surface area contributed by atoms with Gasteiger partial charge >= 0.3 is 0 Å². The first-order valence-electron chi connectivity index (χ1n) is 7.62. The summed E-state index contributed by atoms with van der Waals surface area (Å²) in [5.41, 5.74) is 0.244. The third-order valence-electron chi connectivity index (χ3n) is 4.68. The second kappa shape index (κ2) is 5.63. The van der Waals surface area contributed by atoms with E-state index in [2.05, 4.69) is 14.9 Å². The van der Waals surface area contributed by atoms with Crippen molar-refractivity contribution in [2.75, 3.05) is 6.54 Å². The van der Waals surface area contributed by atoms with E-state index in [1.807, 2.05) is 19.4 Å². The van der Waals surface area contributed by atoms with Gasteiger partial charge in [0.05, 0.1) is 18.2 Å². The van der Waals surface area contributed by atoms with Gasteiger partial charge in [0.15, 0.2) is 0 Å². The summed E-state index contributed by atoms with van der Waals surface area (Å²) in [4.78, 5) is 4.32. The van der Waals surface area contributed by atoms with Gasteiger partial charge in [0.1, 0.15) is 5.82 Å². The topological polar surface area (TPSA) is 39.1 Å². The van der Waals surface area contributed by atoms with E-state index < -0.39 is 0 Å². The van der Waals surface area contributed by atoms with Crippen LogP contribution in [0.5, 0.6) is 0 Å². The van der Waals surface area contributed by atoms with Gasteiger partial charge in [-0.1, -0.05) is 19.3 Å². The van der Waals surface area contributed by atoms with Crippen LogP contribution in [0.1, 0.15) is 50.8 Å². The van der Waals surface area contributed by atoms with Crippen LogP contribution in [-0.2, 0) is 18.3 Å². The summed E-state index contributed by atoms with van der Waals surface area (Å²) in [7, 11) is 2.03.